The fraction of sp³-hybridized carbons (Fsp3) is 0.167. The number of hydrogen-bond acceptors (Lipinski definition) is 7. The van der Waals surface area contributed by atoms with Gasteiger partial charge in [-0.15, -0.1) is 0 Å². The Balaban J connectivity index is 1.80. The number of esters is 1. The normalized spacial score (nSPS) is 10.5. The van der Waals surface area contributed by atoms with E-state index in [4.69, 9.17) is 18.6 Å². The summed E-state index contributed by atoms with van der Waals surface area (Å²) in [5.41, 5.74) is 0.839. The van der Waals surface area contributed by atoms with E-state index in [1.807, 2.05) is 0 Å². The Morgan fingerprint density at radius 1 is 1.12 bits per heavy atom. The van der Waals surface area contributed by atoms with Gasteiger partial charge in [0.15, 0.2) is 0 Å². The zero-order chi connectivity index (χ0) is 18.7. The first kappa shape index (κ1) is 17.3. The number of nitrogens with zero attached hydrogens (tertiary/aromatic N) is 1. The largest absolute Gasteiger partial charge is 0.497 e. The van der Waals surface area contributed by atoms with Crippen molar-refractivity contribution in [3.8, 4) is 17.2 Å². The number of furan rings is 1. The van der Waals surface area contributed by atoms with Gasteiger partial charge in [0.1, 0.15) is 17.1 Å². The number of nitro groups is 1. The van der Waals surface area contributed by atoms with Crippen LogP contribution in [-0.2, 0) is 11.2 Å². The zero-order valence-electron chi connectivity index (χ0n) is 14.1. The fourth-order valence-corrected chi connectivity index (χ4v) is 2.49. The third-order valence-electron chi connectivity index (χ3n) is 3.78. The molecule has 2 aromatic carbocycles. The van der Waals surface area contributed by atoms with Crippen molar-refractivity contribution in [1.29, 1.82) is 0 Å². The molecule has 3 rings (SSSR count). The average Bonchev–Trinajstić information content (AvgIpc) is 3.03. The molecule has 0 aliphatic rings. The molecule has 8 nitrogen and oxygen atoms in total. The van der Waals surface area contributed by atoms with Crippen molar-refractivity contribution in [3.05, 3.63) is 58.3 Å². The molecule has 0 saturated carbocycles. The van der Waals surface area contributed by atoms with Crippen molar-refractivity contribution in [1.82, 2.24) is 0 Å². The Kier molecular flexibility index (Phi) is 4.74. The number of rotatable bonds is 6. The summed E-state index contributed by atoms with van der Waals surface area (Å²) < 4.78 is 20.7. The van der Waals surface area contributed by atoms with Crippen LogP contribution in [0.2, 0.25) is 0 Å². The van der Waals surface area contributed by atoms with Gasteiger partial charge in [-0.1, -0.05) is 0 Å². The second-order valence-electron chi connectivity index (χ2n) is 5.36. The van der Waals surface area contributed by atoms with E-state index in [0.717, 1.165) is 5.39 Å². The van der Waals surface area contributed by atoms with E-state index >= 15 is 0 Å². The quantitative estimate of drug-likeness (QED) is 0.288. The number of benzene rings is 2. The van der Waals surface area contributed by atoms with Crippen molar-refractivity contribution < 1.29 is 28.3 Å². The molecule has 0 radical (unpaired) electrons. The lowest BCUT2D eigenvalue weighted by atomic mass is 10.1. The van der Waals surface area contributed by atoms with Crippen LogP contribution in [0.15, 0.2) is 47.1 Å². The number of nitro benzene ring substituents is 1. The summed E-state index contributed by atoms with van der Waals surface area (Å²) in [6.45, 7) is 0. The number of hydrogen-bond donors (Lipinski definition) is 0. The fourth-order valence-electron chi connectivity index (χ4n) is 2.49. The highest BCUT2D eigenvalue weighted by molar-refractivity contribution is 5.87. The van der Waals surface area contributed by atoms with E-state index in [1.54, 1.807) is 25.3 Å². The summed E-state index contributed by atoms with van der Waals surface area (Å²) in [6, 6.07) is 9.24. The van der Waals surface area contributed by atoms with E-state index in [0.29, 0.717) is 22.6 Å². The molecular formula is C18H15NO7. The molecule has 0 aliphatic heterocycles. The van der Waals surface area contributed by atoms with E-state index in [-0.39, 0.29) is 17.9 Å². The second-order valence-corrected chi connectivity index (χ2v) is 5.36. The SMILES string of the molecule is COc1ccc(OC(=O)Cc2coc3cc(OC)ccc23)c([N+](=O)[O-])c1. The average molecular weight is 357 g/mol. The third-order valence-corrected chi connectivity index (χ3v) is 3.78. The van der Waals surface area contributed by atoms with Crippen molar-refractivity contribution >= 4 is 22.6 Å². The number of methoxy groups -OCH3 is 2. The Morgan fingerprint density at radius 3 is 2.50 bits per heavy atom. The lowest BCUT2D eigenvalue weighted by molar-refractivity contribution is -0.385. The van der Waals surface area contributed by atoms with Crippen LogP contribution in [0.25, 0.3) is 11.0 Å². The first-order chi connectivity index (χ1) is 12.5. The standard InChI is InChI=1S/C18H15NO7/c1-23-12-4-6-16(15(8-12)19(21)22)26-18(20)7-11-10-25-17-9-13(24-2)3-5-14(11)17/h3-6,8-10H,7H2,1-2H3. The molecule has 0 spiro atoms. The molecule has 0 bridgehead atoms. The molecule has 0 atom stereocenters. The van der Waals surface area contributed by atoms with Crippen LogP contribution in [-0.4, -0.2) is 25.1 Å². The van der Waals surface area contributed by atoms with Crippen LogP contribution in [0.3, 0.4) is 0 Å². The minimum absolute atomic E-state index is 0.0947. The van der Waals surface area contributed by atoms with Crippen molar-refractivity contribution in [2.24, 2.45) is 0 Å². The molecule has 0 N–H and O–H groups in total. The highest BCUT2D eigenvalue weighted by atomic mass is 16.6. The molecule has 8 heteroatoms. The van der Waals surface area contributed by atoms with Crippen LogP contribution >= 0.6 is 0 Å². The monoisotopic (exact) mass is 357 g/mol. The summed E-state index contributed by atoms with van der Waals surface area (Å²) >= 11 is 0. The van der Waals surface area contributed by atoms with Crippen molar-refractivity contribution in [2.45, 2.75) is 6.42 Å². The van der Waals surface area contributed by atoms with Crippen LogP contribution in [0.1, 0.15) is 5.56 Å². The molecule has 0 unspecified atom stereocenters. The van der Waals surface area contributed by atoms with Gasteiger partial charge in [-0.25, -0.2) is 0 Å². The van der Waals surface area contributed by atoms with E-state index in [2.05, 4.69) is 0 Å². The minimum atomic E-state index is -0.642. The Labute approximate surface area is 148 Å². The molecule has 26 heavy (non-hydrogen) atoms. The van der Waals surface area contributed by atoms with Gasteiger partial charge in [-0.3, -0.25) is 14.9 Å². The van der Waals surface area contributed by atoms with Crippen LogP contribution in [0.4, 0.5) is 5.69 Å². The van der Waals surface area contributed by atoms with Gasteiger partial charge in [-0.05, 0) is 24.3 Å². The Morgan fingerprint density at radius 2 is 1.81 bits per heavy atom. The topological polar surface area (TPSA) is 101 Å². The molecule has 0 saturated heterocycles. The zero-order valence-corrected chi connectivity index (χ0v) is 14.1. The summed E-state index contributed by atoms with van der Waals surface area (Å²) in [6.07, 6.45) is 1.36. The van der Waals surface area contributed by atoms with E-state index in [9.17, 15) is 14.9 Å². The van der Waals surface area contributed by atoms with Gasteiger partial charge in [0.2, 0.25) is 5.75 Å². The van der Waals surface area contributed by atoms with Gasteiger partial charge in [0.05, 0.1) is 37.9 Å². The maximum Gasteiger partial charge on any atom is 0.316 e. The first-order valence-corrected chi connectivity index (χ1v) is 7.59. The molecular weight excluding hydrogens is 342 g/mol. The van der Waals surface area contributed by atoms with Gasteiger partial charge in [0, 0.05) is 17.0 Å². The molecule has 1 aromatic heterocycles. The Bertz CT molecular complexity index is 977. The number of carbonyl (C=O) groups excluding carboxylic acids is 1. The summed E-state index contributed by atoms with van der Waals surface area (Å²) in [5, 5.41) is 11.9. The van der Waals surface area contributed by atoms with E-state index < -0.39 is 10.9 Å². The molecule has 0 amide bonds. The molecule has 3 aromatic rings. The van der Waals surface area contributed by atoms with E-state index in [1.165, 1.54) is 31.6 Å². The highest BCUT2D eigenvalue weighted by Crippen LogP contribution is 2.32. The summed E-state index contributed by atoms with van der Waals surface area (Å²) in [7, 11) is 2.94. The minimum Gasteiger partial charge on any atom is -0.497 e. The van der Waals surface area contributed by atoms with Crippen molar-refractivity contribution in [3.63, 3.8) is 0 Å². The van der Waals surface area contributed by atoms with Crippen LogP contribution in [0.5, 0.6) is 17.2 Å². The smallest absolute Gasteiger partial charge is 0.316 e. The lowest BCUT2D eigenvalue weighted by Gasteiger charge is -2.06. The summed E-state index contributed by atoms with van der Waals surface area (Å²) in [4.78, 5) is 22.8. The Hall–Kier alpha value is -3.55. The van der Waals surface area contributed by atoms with Gasteiger partial charge in [-0.2, -0.15) is 0 Å². The van der Waals surface area contributed by atoms with Crippen LogP contribution in [0, 0.1) is 10.1 Å². The third kappa shape index (κ3) is 3.44. The molecule has 134 valence electrons. The molecule has 1 heterocycles. The maximum absolute atomic E-state index is 12.2. The lowest BCUT2D eigenvalue weighted by Crippen LogP contribution is -2.12. The van der Waals surface area contributed by atoms with Crippen LogP contribution < -0.4 is 14.2 Å². The second kappa shape index (κ2) is 7.14. The van der Waals surface area contributed by atoms with Gasteiger partial charge < -0.3 is 18.6 Å². The number of fused-ring (bicyclic) bond motifs is 1. The maximum atomic E-state index is 12.2. The van der Waals surface area contributed by atoms with Gasteiger partial charge >= 0.3 is 11.7 Å². The van der Waals surface area contributed by atoms with Gasteiger partial charge in [0.25, 0.3) is 0 Å². The summed E-state index contributed by atoms with van der Waals surface area (Å²) in [5.74, 6) is 0.146. The predicted octanol–water partition coefficient (Wildman–Crippen LogP) is 3.51. The first-order valence-electron chi connectivity index (χ1n) is 7.59. The highest BCUT2D eigenvalue weighted by Gasteiger charge is 2.20. The molecule has 0 aliphatic carbocycles. The predicted molar refractivity (Wildman–Crippen MR) is 91.8 cm³/mol. The number of carbonyl (C=O) groups is 1. The molecule has 0 fully saturated rings. The van der Waals surface area contributed by atoms with Crippen molar-refractivity contribution in [2.75, 3.05) is 14.2 Å². The number of ether oxygens (including phenoxy) is 3.